The average Bonchev–Trinajstić information content (AvgIpc) is 2.91. The Morgan fingerprint density at radius 2 is 2.04 bits per heavy atom. The van der Waals surface area contributed by atoms with E-state index in [0.29, 0.717) is 25.3 Å². The maximum Gasteiger partial charge on any atom is 0.408 e. The fraction of sp³-hybridized carbons (Fsp3) is 0.500. The van der Waals surface area contributed by atoms with Crippen molar-refractivity contribution in [2.45, 2.75) is 32.8 Å². The lowest BCUT2D eigenvalue weighted by Gasteiger charge is -2.18. The van der Waals surface area contributed by atoms with Crippen LogP contribution in [0.2, 0.25) is 0 Å². The fourth-order valence-corrected chi connectivity index (χ4v) is 1.48. The summed E-state index contributed by atoms with van der Waals surface area (Å²) in [6, 6.07) is 3.14. The zero-order valence-corrected chi connectivity index (χ0v) is 13.7. The summed E-state index contributed by atoms with van der Waals surface area (Å²) in [5.74, 6) is 5.66. The Hall–Kier alpha value is -2.46. The van der Waals surface area contributed by atoms with Crippen LogP contribution in [0.4, 0.5) is 4.79 Å². The summed E-state index contributed by atoms with van der Waals surface area (Å²) in [5.41, 5.74) is 4.80. The smallest absolute Gasteiger partial charge is 0.408 e. The molecule has 0 aliphatic heterocycles. The first kappa shape index (κ1) is 18.6. The van der Waals surface area contributed by atoms with E-state index in [1.165, 1.54) is 0 Å². The molecule has 2 amide bonds. The molecule has 0 aliphatic carbocycles. The first-order valence-corrected chi connectivity index (χ1v) is 7.35. The minimum Gasteiger partial charge on any atom is -0.444 e. The van der Waals surface area contributed by atoms with Crippen molar-refractivity contribution in [3.63, 3.8) is 0 Å². The van der Waals surface area contributed by atoms with Crippen molar-refractivity contribution in [2.24, 2.45) is 5.73 Å². The zero-order valence-electron chi connectivity index (χ0n) is 13.7. The fourth-order valence-electron chi connectivity index (χ4n) is 1.48. The van der Waals surface area contributed by atoms with Gasteiger partial charge >= 0.3 is 6.09 Å². The Balaban J connectivity index is 2.42. The van der Waals surface area contributed by atoms with Crippen LogP contribution in [0.25, 0.3) is 0 Å². The predicted molar refractivity (Wildman–Crippen MR) is 85.8 cm³/mol. The molecule has 4 N–H and O–H groups in total. The van der Waals surface area contributed by atoms with Gasteiger partial charge < -0.3 is 25.5 Å². The summed E-state index contributed by atoms with van der Waals surface area (Å²) >= 11 is 0. The summed E-state index contributed by atoms with van der Waals surface area (Å²) < 4.78 is 10.4. The van der Waals surface area contributed by atoms with Crippen LogP contribution in [0, 0.1) is 11.8 Å². The maximum atomic E-state index is 11.7. The van der Waals surface area contributed by atoms with Gasteiger partial charge in [-0.2, -0.15) is 0 Å². The van der Waals surface area contributed by atoms with Crippen molar-refractivity contribution >= 4 is 12.0 Å². The number of carbonyl (C=O) groups excluding carboxylic acids is 2. The highest BCUT2D eigenvalue weighted by Gasteiger charge is 2.15. The van der Waals surface area contributed by atoms with Gasteiger partial charge in [-0.05, 0) is 51.8 Å². The van der Waals surface area contributed by atoms with E-state index in [1.807, 2.05) is 0 Å². The van der Waals surface area contributed by atoms with Crippen molar-refractivity contribution < 1.29 is 18.7 Å². The Morgan fingerprint density at radius 3 is 2.70 bits per heavy atom. The molecule has 7 nitrogen and oxygen atoms in total. The minimum absolute atomic E-state index is 0.119. The van der Waals surface area contributed by atoms with Crippen LogP contribution in [-0.2, 0) is 4.74 Å². The van der Waals surface area contributed by atoms with E-state index in [2.05, 4.69) is 22.5 Å². The number of rotatable bonds is 5. The van der Waals surface area contributed by atoms with Gasteiger partial charge in [-0.3, -0.25) is 4.79 Å². The van der Waals surface area contributed by atoms with Crippen LogP contribution >= 0.6 is 0 Å². The van der Waals surface area contributed by atoms with Crippen molar-refractivity contribution in [1.29, 1.82) is 0 Å². The molecule has 0 saturated heterocycles. The number of amides is 2. The number of nitrogens with two attached hydrogens (primary N) is 1. The lowest BCUT2D eigenvalue weighted by atomic mass is 10.2. The van der Waals surface area contributed by atoms with Gasteiger partial charge in [0.15, 0.2) is 11.5 Å². The molecule has 0 saturated carbocycles. The van der Waals surface area contributed by atoms with Crippen LogP contribution < -0.4 is 16.4 Å². The molecule has 126 valence electrons. The molecule has 0 aromatic carbocycles. The van der Waals surface area contributed by atoms with Gasteiger partial charge in [-0.15, -0.1) is 0 Å². The molecule has 0 spiro atoms. The van der Waals surface area contributed by atoms with Gasteiger partial charge in [0.05, 0.1) is 6.54 Å². The third-order valence-corrected chi connectivity index (χ3v) is 2.43. The van der Waals surface area contributed by atoms with Gasteiger partial charge in [0.25, 0.3) is 5.91 Å². The van der Waals surface area contributed by atoms with Crippen molar-refractivity contribution in [3.05, 3.63) is 23.7 Å². The summed E-state index contributed by atoms with van der Waals surface area (Å²) in [6.45, 7) is 6.47. The Kier molecular flexibility index (Phi) is 7.16. The van der Waals surface area contributed by atoms with Gasteiger partial charge in [-0.25, -0.2) is 4.79 Å². The number of carbonyl (C=O) groups is 2. The molecule has 1 aromatic heterocycles. The molecule has 1 aromatic rings. The molecule has 0 bridgehead atoms. The van der Waals surface area contributed by atoms with Crippen LogP contribution in [0.3, 0.4) is 0 Å². The van der Waals surface area contributed by atoms with Crippen molar-refractivity contribution in [3.8, 4) is 11.8 Å². The summed E-state index contributed by atoms with van der Waals surface area (Å²) in [5, 5.41) is 5.19. The monoisotopic (exact) mass is 321 g/mol. The molecule has 7 heteroatoms. The highest BCUT2D eigenvalue weighted by Crippen LogP contribution is 2.07. The normalized spacial score (nSPS) is 10.4. The second-order valence-electron chi connectivity index (χ2n) is 5.72. The molecule has 23 heavy (non-hydrogen) atoms. The second kappa shape index (κ2) is 8.86. The van der Waals surface area contributed by atoms with E-state index in [0.717, 1.165) is 0 Å². The van der Waals surface area contributed by atoms with E-state index in [4.69, 9.17) is 14.9 Å². The number of ether oxygens (including phenoxy) is 1. The standard InChI is InChI=1S/C16H23N3O4/c1-16(2,3)23-15(21)19-10-4-6-12-7-8-13(22-12)14(20)18-11-5-9-17/h7-8H,5,9-11,17H2,1-3H3,(H,18,20)(H,19,21). The molecule has 1 rings (SSSR count). The van der Waals surface area contributed by atoms with E-state index >= 15 is 0 Å². The van der Waals surface area contributed by atoms with E-state index in [9.17, 15) is 9.59 Å². The molecule has 0 fully saturated rings. The van der Waals surface area contributed by atoms with Gasteiger partial charge in [-0.1, -0.05) is 5.92 Å². The number of nitrogens with one attached hydrogen (secondary N) is 2. The lowest BCUT2D eigenvalue weighted by molar-refractivity contribution is 0.0535. The average molecular weight is 321 g/mol. The third kappa shape index (κ3) is 7.93. The van der Waals surface area contributed by atoms with Crippen LogP contribution in [0.1, 0.15) is 43.5 Å². The number of alkyl carbamates (subject to hydrolysis) is 1. The molecular formula is C16H23N3O4. The Morgan fingerprint density at radius 1 is 1.30 bits per heavy atom. The van der Waals surface area contributed by atoms with E-state index in [1.54, 1.807) is 32.9 Å². The number of hydrogen-bond donors (Lipinski definition) is 3. The summed E-state index contributed by atoms with van der Waals surface area (Å²) in [7, 11) is 0. The lowest BCUT2D eigenvalue weighted by Crippen LogP contribution is -2.32. The Bertz CT molecular complexity index is 590. The first-order chi connectivity index (χ1) is 10.8. The van der Waals surface area contributed by atoms with Gasteiger partial charge in [0, 0.05) is 6.54 Å². The molecule has 0 atom stereocenters. The number of furan rings is 1. The summed E-state index contributed by atoms with van der Waals surface area (Å²) in [4.78, 5) is 23.1. The van der Waals surface area contributed by atoms with Crippen LogP contribution in [0.15, 0.2) is 16.5 Å². The van der Waals surface area contributed by atoms with Crippen LogP contribution in [0.5, 0.6) is 0 Å². The van der Waals surface area contributed by atoms with Crippen molar-refractivity contribution in [2.75, 3.05) is 19.6 Å². The highest BCUT2D eigenvalue weighted by atomic mass is 16.6. The minimum atomic E-state index is -0.551. The predicted octanol–water partition coefficient (Wildman–Crippen LogP) is 1.23. The zero-order chi connectivity index (χ0) is 17.3. The molecule has 0 radical (unpaired) electrons. The second-order valence-corrected chi connectivity index (χ2v) is 5.72. The SMILES string of the molecule is CC(C)(C)OC(=O)NCC#Cc1ccc(C(=O)NCCCN)o1. The van der Waals surface area contributed by atoms with Crippen LogP contribution in [-0.4, -0.2) is 37.2 Å². The molecule has 0 unspecified atom stereocenters. The topological polar surface area (TPSA) is 107 Å². The molecule has 0 aliphatic rings. The third-order valence-electron chi connectivity index (χ3n) is 2.43. The first-order valence-electron chi connectivity index (χ1n) is 7.35. The molecule has 1 heterocycles. The van der Waals surface area contributed by atoms with Gasteiger partial charge in [0.1, 0.15) is 5.60 Å². The van der Waals surface area contributed by atoms with Gasteiger partial charge in [0.2, 0.25) is 0 Å². The number of hydrogen-bond acceptors (Lipinski definition) is 5. The maximum absolute atomic E-state index is 11.7. The highest BCUT2D eigenvalue weighted by molar-refractivity contribution is 5.91. The quantitative estimate of drug-likeness (QED) is 0.559. The Labute approximate surface area is 135 Å². The molecular weight excluding hydrogens is 298 g/mol. The summed E-state index contributed by atoms with van der Waals surface area (Å²) in [6.07, 6.45) is 0.168. The van der Waals surface area contributed by atoms with E-state index < -0.39 is 11.7 Å². The van der Waals surface area contributed by atoms with E-state index in [-0.39, 0.29) is 18.2 Å². The van der Waals surface area contributed by atoms with Crippen molar-refractivity contribution in [1.82, 2.24) is 10.6 Å². The largest absolute Gasteiger partial charge is 0.444 e.